The number of amides is 1. The molecule has 0 fully saturated rings. The molecule has 0 saturated carbocycles. The van der Waals surface area contributed by atoms with Crippen LogP contribution in [0.2, 0.25) is 0 Å². The first-order chi connectivity index (χ1) is 12.9. The summed E-state index contributed by atoms with van der Waals surface area (Å²) in [5.74, 6) is -0.172. The number of halogens is 1. The Bertz CT molecular complexity index is 934. The number of H-pyrrole nitrogens is 1. The Balaban J connectivity index is 1.61. The van der Waals surface area contributed by atoms with Gasteiger partial charge in [-0.1, -0.05) is 6.07 Å². The lowest BCUT2D eigenvalue weighted by Crippen LogP contribution is -2.27. The Morgan fingerprint density at radius 1 is 1.22 bits per heavy atom. The molecule has 1 aromatic carbocycles. The minimum absolute atomic E-state index is 0.159. The predicted molar refractivity (Wildman–Crippen MR) is 98.8 cm³/mol. The summed E-state index contributed by atoms with van der Waals surface area (Å²) in [4.78, 5) is 18.6. The van der Waals surface area contributed by atoms with Crippen LogP contribution < -0.4 is 4.74 Å². The highest BCUT2D eigenvalue weighted by Crippen LogP contribution is 2.14. The molecule has 27 heavy (non-hydrogen) atoms. The van der Waals surface area contributed by atoms with Gasteiger partial charge in [-0.15, -0.1) is 0 Å². The van der Waals surface area contributed by atoms with Gasteiger partial charge in [-0.3, -0.25) is 14.9 Å². The fourth-order valence-corrected chi connectivity index (χ4v) is 2.78. The van der Waals surface area contributed by atoms with Gasteiger partial charge >= 0.3 is 0 Å². The average molecular weight is 368 g/mol. The fourth-order valence-electron chi connectivity index (χ4n) is 2.78. The molecule has 140 valence electrons. The van der Waals surface area contributed by atoms with Gasteiger partial charge in [0.25, 0.3) is 5.91 Å². The minimum Gasteiger partial charge on any atom is -0.487 e. The predicted octanol–water partition coefficient (Wildman–Crippen LogP) is 3.41. The average Bonchev–Trinajstić information content (AvgIpc) is 3.07. The zero-order chi connectivity index (χ0) is 19.4. The second kappa shape index (κ2) is 7.99. The molecule has 3 aromatic rings. The molecular weight excluding hydrogens is 347 g/mol. The van der Waals surface area contributed by atoms with Crippen molar-refractivity contribution >= 4 is 5.91 Å². The summed E-state index contributed by atoms with van der Waals surface area (Å²) in [6.07, 6.45) is 0. The normalized spacial score (nSPS) is 10.7. The highest BCUT2D eigenvalue weighted by atomic mass is 19.1. The van der Waals surface area contributed by atoms with Crippen molar-refractivity contribution < 1.29 is 13.9 Å². The highest BCUT2D eigenvalue weighted by molar-refractivity contribution is 5.92. The van der Waals surface area contributed by atoms with E-state index in [0.717, 1.165) is 17.0 Å². The number of nitrogens with one attached hydrogen (secondary N) is 1. The summed E-state index contributed by atoms with van der Waals surface area (Å²) in [7, 11) is 1.71. The molecule has 1 N–H and O–H groups in total. The second-order valence-corrected chi connectivity index (χ2v) is 6.46. The van der Waals surface area contributed by atoms with Gasteiger partial charge in [-0.2, -0.15) is 5.10 Å². The lowest BCUT2D eigenvalue weighted by atomic mass is 10.2. The number of hydrogen-bond acceptors (Lipinski definition) is 4. The van der Waals surface area contributed by atoms with Crippen molar-refractivity contribution in [3.63, 3.8) is 0 Å². The number of carbonyl (C=O) groups excluding carboxylic acids is 1. The molecule has 6 nitrogen and oxygen atoms in total. The van der Waals surface area contributed by atoms with Crippen LogP contribution in [0.5, 0.6) is 5.75 Å². The van der Waals surface area contributed by atoms with Crippen molar-refractivity contribution in [3.8, 4) is 5.75 Å². The van der Waals surface area contributed by atoms with Crippen molar-refractivity contribution in [2.24, 2.45) is 0 Å². The third-order valence-electron chi connectivity index (χ3n) is 3.94. The molecule has 0 bridgehead atoms. The molecule has 0 radical (unpaired) electrons. The van der Waals surface area contributed by atoms with E-state index in [2.05, 4.69) is 15.2 Å². The lowest BCUT2D eigenvalue weighted by Gasteiger charge is -2.16. The summed E-state index contributed by atoms with van der Waals surface area (Å²) in [6, 6.07) is 11.5. The summed E-state index contributed by atoms with van der Waals surface area (Å²) in [5.41, 5.74) is 3.77. The number of pyridine rings is 1. The second-order valence-electron chi connectivity index (χ2n) is 6.46. The van der Waals surface area contributed by atoms with Crippen LogP contribution in [0, 0.1) is 19.7 Å². The first-order valence-corrected chi connectivity index (χ1v) is 8.53. The van der Waals surface area contributed by atoms with Crippen LogP contribution in [0.1, 0.15) is 33.1 Å². The van der Waals surface area contributed by atoms with Crippen molar-refractivity contribution in [3.05, 3.63) is 76.6 Å². The third kappa shape index (κ3) is 4.91. The van der Waals surface area contributed by atoms with E-state index in [1.165, 1.54) is 12.1 Å². The van der Waals surface area contributed by atoms with E-state index in [4.69, 9.17) is 4.74 Å². The third-order valence-corrected chi connectivity index (χ3v) is 3.94. The molecule has 7 heteroatoms. The van der Waals surface area contributed by atoms with Crippen LogP contribution in [0.15, 0.2) is 42.5 Å². The Morgan fingerprint density at radius 2 is 2.04 bits per heavy atom. The van der Waals surface area contributed by atoms with Crippen LogP contribution in [-0.4, -0.2) is 33.0 Å². The number of aromatic nitrogens is 3. The molecule has 0 atom stereocenters. The summed E-state index contributed by atoms with van der Waals surface area (Å²) in [5, 5.41) is 6.83. The summed E-state index contributed by atoms with van der Waals surface area (Å²) in [6.45, 7) is 4.48. The maximum Gasteiger partial charge on any atom is 0.274 e. The molecule has 2 heterocycles. The maximum atomic E-state index is 13.2. The van der Waals surface area contributed by atoms with E-state index in [1.807, 2.05) is 26.0 Å². The fraction of sp³-hybridized carbons (Fsp3) is 0.250. The van der Waals surface area contributed by atoms with Gasteiger partial charge in [-0.25, -0.2) is 4.39 Å². The number of nitrogens with zero attached hydrogens (tertiary/aromatic N) is 3. The smallest absolute Gasteiger partial charge is 0.274 e. The standard InChI is InChI=1S/C20H21FN4O2/c1-13-7-14(2)22-16(8-13)11-25(3)20(26)19-10-17(23-24-19)12-27-18-6-4-5-15(21)9-18/h4-10H,11-12H2,1-3H3,(H,23,24). The van der Waals surface area contributed by atoms with Gasteiger partial charge in [-0.05, 0) is 49.7 Å². The van der Waals surface area contributed by atoms with E-state index in [1.54, 1.807) is 30.1 Å². The Morgan fingerprint density at radius 3 is 2.78 bits per heavy atom. The molecule has 0 saturated heterocycles. The van der Waals surface area contributed by atoms with Crippen molar-refractivity contribution in [1.29, 1.82) is 0 Å². The van der Waals surface area contributed by atoms with Gasteiger partial charge in [0.1, 0.15) is 18.2 Å². The number of carbonyl (C=O) groups is 1. The molecule has 1 amide bonds. The number of ether oxygens (including phenoxy) is 1. The zero-order valence-electron chi connectivity index (χ0n) is 15.5. The molecule has 0 aliphatic heterocycles. The van der Waals surface area contributed by atoms with Gasteiger partial charge in [0.05, 0.1) is 17.9 Å². The Labute approximate surface area is 157 Å². The largest absolute Gasteiger partial charge is 0.487 e. The SMILES string of the molecule is Cc1cc(C)nc(CN(C)C(=O)c2cc(COc3cccc(F)c3)[nH]n2)c1. The van der Waals surface area contributed by atoms with E-state index < -0.39 is 0 Å². The Kier molecular flexibility index (Phi) is 5.49. The molecular formula is C20H21FN4O2. The number of aromatic amines is 1. The summed E-state index contributed by atoms with van der Waals surface area (Å²) < 4.78 is 18.7. The molecule has 0 aliphatic rings. The van der Waals surface area contributed by atoms with Crippen LogP contribution in [0.3, 0.4) is 0 Å². The number of benzene rings is 1. The lowest BCUT2D eigenvalue weighted by molar-refractivity contribution is 0.0777. The minimum atomic E-state index is -0.366. The topological polar surface area (TPSA) is 71.1 Å². The molecule has 2 aromatic heterocycles. The Hall–Kier alpha value is -3.22. The van der Waals surface area contributed by atoms with Crippen LogP contribution >= 0.6 is 0 Å². The monoisotopic (exact) mass is 368 g/mol. The quantitative estimate of drug-likeness (QED) is 0.724. The van der Waals surface area contributed by atoms with Gasteiger partial charge < -0.3 is 9.64 Å². The van der Waals surface area contributed by atoms with Gasteiger partial charge in [0.2, 0.25) is 0 Å². The van der Waals surface area contributed by atoms with Crippen LogP contribution in [-0.2, 0) is 13.2 Å². The van der Waals surface area contributed by atoms with Crippen molar-refractivity contribution in [1.82, 2.24) is 20.1 Å². The molecule has 0 aliphatic carbocycles. The van der Waals surface area contributed by atoms with Crippen LogP contribution in [0.25, 0.3) is 0 Å². The highest BCUT2D eigenvalue weighted by Gasteiger charge is 2.16. The number of hydrogen-bond donors (Lipinski definition) is 1. The molecule has 0 unspecified atom stereocenters. The van der Waals surface area contributed by atoms with E-state index >= 15 is 0 Å². The van der Waals surface area contributed by atoms with E-state index in [-0.39, 0.29) is 18.3 Å². The van der Waals surface area contributed by atoms with Gasteiger partial charge in [0, 0.05) is 18.8 Å². The van der Waals surface area contributed by atoms with Gasteiger partial charge in [0.15, 0.2) is 5.69 Å². The summed E-state index contributed by atoms with van der Waals surface area (Å²) >= 11 is 0. The van der Waals surface area contributed by atoms with Crippen LogP contribution in [0.4, 0.5) is 4.39 Å². The number of rotatable bonds is 6. The first kappa shape index (κ1) is 18.6. The molecule has 3 rings (SSSR count). The zero-order valence-corrected chi connectivity index (χ0v) is 15.5. The number of aryl methyl sites for hydroxylation is 2. The first-order valence-electron chi connectivity index (χ1n) is 8.53. The van der Waals surface area contributed by atoms with Crippen molar-refractivity contribution in [2.75, 3.05) is 7.05 Å². The molecule has 0 spiro atoms. The van der Waals surface area contributed by atoms with Crippen molar-refractivity contribution in [2.45, 2.75) is 27.0 Å². The van der Waals surface area contributed by atoms with E-state index in [0.29, 0.717) is 23.7 Å². The van der Waals surface area contributed by atoms with E-state index in [9.17, 15) is 9.18 Å². The maximum absolute atomic E-state index is 13.2.